The van der Waals surface area contributed by atoms with Crippen LogP contribution in [0.5, 0.6) is 0 Å². The van der Waals surface area contributed by atoms with Crippen molar-refractivity contribution in [3.05, 3.63) is 29.4 Å². The molecule has 0 bridgehead atoms. The highest BCUT2D eigenvalue weighted by Crippen LogP contribution is 2.23. The van der Waals surface area contributed by atoms with Gasteiger partial charge in [-0.2, -0.15) is 0 Å². The van der Waals surface area contributed by atoms with E-state index in [0.717, 1.165) is 15.0 Å². The molecule has 0 unspecified atom stereocenters. The summed E-state index contributed by atoms with van der Waals surface area (Å²) in [6, 6.07) is 3.94. The van der Waals surface area contributed by atoms with Crippen LogP contribution >= 0.6 is 11.3 Å². The Kier molecular flexibility index (Phi) is 1.60. The van der Waals surface area contributed by atoms with Crippen LogP contribution in [0, 0.1) is 0 Å². The first-order chi connectivity index (χ1) is 5.40. The van der Waals surface area contributed by atoms with Crippen molar-refractivity contribution < 1.29 is 5.11 Å². The highest BCUT2D eigenvalue weighted by Gasteiger charge is 1.98. The van der Waals surface area contributed by atoms with E-state index >= 15 is 0 Å². The number of fused-ring (bicyclic) bond motifs is 1. The van der Waals surface area contributed by atoms with Crippen molar-refractivity contribution in [3.63, 3.8) is 0 Å². The molecule has 0 aliphatic heterocycles. The fraction of sp³-hybridized carbons (Fsp3) is 0.125. The minimum atomic E-state index is 0.124. The first-order valence-corrected chi connectivity index (χ1v) is 4.15. The van der Waals surface area contributed by atoms with Crippen LogP contribution in [0.3, 0.4) is 0 Å². The third kappa shape index (κ3) is 1.13. The van der Waals surface area contributed by atoms with Gasteiger partial charge in [0.1, 0.15) is 0 Å². The van der Waals surface area contributed by atoms with Crippen molar-refractivity contribution in [3.8, 4) is 0 Å². The number of thiophene rings is 1. The summed E-state index contributed by atoms with van der Waals surface area (Å²) in [5.41, 5.74) is 0. The topological polar surface area (TPSA) is 33.1 Å². The van der Waals surface area contributed by atoms with Gasteiger partial charge in [0.2, 0.25) is 0 Å². The summed E-state index contributed by atoms with van der Waals surface area (Å²) >= 11 is 1.58. The second kappa shape index (κ2) is 2.60. The predicted molar refractivity (Wildman–Crippen MR) is 45.5 cm³/mol. The lowest BCUT2D eigenvalue weighted by atomic mass is 10.3. The maximum atomic E-state index is 8.83. The highest BCUT2D eigenvalue weighted by atomic mass is 32.1. The van der Waals surface area contributed by atoms with Crippen LogP contribution in [0.2, 0.25) is 0 Å². The number of aromatic nitrogens is 1. The Balaban J connectivity index is 2.69. The van der Waals surface area contributed by atoms with Crippen LogP contribution in [0.15, 0.2) is 24.5 Å². The molecule has 2 aromatic heterocycles. The molecule has 3 heteroatoms. The molecule has 0 fully saturated rings. The number of rotatable bonds is 1. The van der Waals surface area contributed by atoms with E-state index < -0.39 is 0 Å². The lowest BCUT2D eigenvalue weighted by Gasteiger charge is -1.81. The minimum absolute atomic E-state index is 0.124. The Morgan fingerprint density at radius 1 is 1.55 bits per heavy atom. The summed E-state index contributed by atoms with van der Waals surface area (Å²) in [4.78, 5) is 4.98. The van der Waals surface area contributed by atoms with Crippen LogP contribution in [0.25, 0.3) is 10.1 Å². The number of hydrogen-bond donors (Lipinski definition) is 1. The molecule has 0 aromatic carbocycles. The third-order valence-corrected chi connectivity index (χ3v) is 2.60. The molecule has 0 aliphatic carbocycles. The van der Waals surface area contributed by atoms with E-state index in [-0.39, 0.29) is 6.61 Å². The maximum Gasteiger partial charge on any atom is 0.0774 e. The van der Waals surface area contributed by atoms with Crippen molar-refractivity contribution in [1.82, 2.24) is 4.98 Å². The maximum absolute atomic E-state index is 8.83. The van der Waals surface area contributed by atoms with E-state index in [1.165, 1.54) is 0 Å². The van der Waals surface area contributed by atoms with Gasteiger partial charge in [-0.1, -0.05) is 0 Å². The van der Waals surface area contributed by atoms with E-state index in [4.69, 9.17) is 5.11 Å². The highest BCUT2D eigenvalue weighted by molar-refractivity contribution is 7.19. The van der Waals surface area contributed by atoms with E-state index in [1.807, 2.05) is 18.3 Å². The molecule has 11 heavy (non-hydrogen) atoms. The van der Waals surface area contributed by atoms with Crippen LogP contribution in [-0.2, 0) is 6.61 Å². The van der Waals surface area contributed by atoms with Crippen LogP contribution in [0.1, 0.15) is 4.88 Å². The summed E-state index contributed by atoms with van der Waals surface area (Å²) in [7, 11) is 0. The molecule has 0 atom stereocenters. The Morgan fingerprint density at radius 2 is 2.45 bits per heavy atom. The molecule has 2 heterocycles. The molecular formula is C8H7NOS. The molecule has 2 nitrogen and oxygen atoms in total. The summed E-state index contributed by atoms with van der Waals surface area (Å²) in [6.07, 6.45) is 3.58. The molecule has 0 spiro atoms. The fourth-order valence-electron chi connectivity index (χ4n) is 1.02. The molecule has 2 rings (SSSR count). The van der Waals surface area contributed by atoms with Crippen molar-refractivity contribution in [2.45, 2.75) is 6.61 Å². The lowest BCUT2D eigenvalue weighted by Crippen LogP contribution is -1.70. The fourth-order valence-corrected chi connectivity index (χ4v) is 1.91. The summed E-state index contributed by atoms with van der Waals surface area (Å²) in [6.45, 7) is 0.124. The quantitative estimate of drug-likeness (QED) is 0.698. The minimum Gasteiger partial charge on any atom is -0.391 e. The zero-order chi connectivity index (χ0) is 7.68. The smallest absolute Gasteiger partial charge is 0.0774 e. The first-order valence-electron chi connectivity index (χ1n) is 3.33. The predicted octanol–water partition coefficient (Wildman–Crippen LogP) is 1.79. The second-order valence-electron chi connectivity index (χ2n) is 2.28. The monoisotopic (exact) mass is 165 g/mol. The lowest BCUT2D eigenvalue weighted by molar-refractivity contribution is 0.285. The van der Waals surface area contributed by atoms with Gasteiger partial charge < -0.3 is 5.11 Å². The van der Waals surface area contributed by atoms with Crippen LogP contribution < -0.4 is 0 Å². The molecular weight excluding hydrogens is 158 g/mol. The molecule has 0 amide bonds. The van der Waals surface area contributed by atoms with Crippen molar-refractivity contribution in [2.75, 3.05) is 0 Å². The van der Waals surface area contributed by atoms with Gasteiger partial charge in [0.25, 0.3) is 0 Å². The molecule has 0 saturated heterocycles. The SMILES string of the molecule is OCc1cc2ccncc2s1. The Bertz CT molecular complexity index is 336. The van der Waals surface area contributed by atoms with Gasteiger partial charge in [-0.05, 0) is 17.5 Å². The van der Waals surface area contributed by atoms with Crippen molar-refractivity contribution in [2.24, 2.45) is 0 Å². The van der Waals surface area contributed by atoms with E-state index in [2.05, 4.69) is 4.98 Å². The Hall–Kier alpha value is -0.930. The van der Waals surface area contributed by atoms with E-state index in [1.54, 1.807) is 17.5 Å². The third-order valence-electron chi connectivity index (χ3n) is 1.53. The number of aliphatic hydroxyl groups is 1. The van der Waals surface area contributed by atoms with Crippen LogP contribution in [0.4, 0.5) is 0 Å². The molecule has 56 valence electrons. The first kappa shape index (κ1) is 6.76. The van der Waals surface area contributed by atoms with Gasteiger partial charge >= 0.3 is 0 Å². The van der Waals surface area contributed by atoms with E-state index in [0.29, 0.717) is 0 Å². The zero-order valence-electron chi connectivity index (χ0n) is 5.82. The van der Waals surface area contributed by atoms with Gasteiger partial charge in [-0.25, -0.2) is 0 Å². The second-order valence-corrected chi connectivity index (χ2v) is 3.45. The number of aliphatic hydroxyl groups excluding tert-OH is 1. The normalized spacial score (nSPS) is 10.6. The van der Waals surface area contributed by atoms with Crippen molar-refractivity contribution >= 4 is 21.4 Å². The number of pyridine rings is 1. The van der Waals surface area contributed by atoms with Gasteiger partial charge in [-0.15, -0.1) is 11.3 Å². The number of nitrogens with zero attached hydrogens (tertiary/aromatic N) is 1. The standard InChI is InChI=1S/C8H7NOS/c10-5-7-3-6-1-2-9-4-8(6)11-7/h1-4,10H,5H2. The average Bonchev–Trinajstić information content (AvgIpc) is 2.46. The summed E-state index contributed by atoms with van der Waals surface area (Å²) in [5, 5.41) is 9.99. The molecule has 1 N–H and O–H groups in total. The largest absolute Gasteiger partial charge is 0.391 e. The molecule has 0 radical (unpaired) electrons. The zero-order valence-corrected chi connectivity index (χ0v) is 6.64. The van der Waals surface area contributed by atoms with Gasteiger partial charge in [0, 0.05) is 17.3 Å². The van der Waals surface area contributed by atoms with Gasteiger partial charge in [0.15, 0.2) is 0 Å². The Morgan fingerprint density at radius 3 is 3.18 bits per heavy atom. The molecule has 2 aromatic rings. The van der Waals surface area contributed by atoms with Crippen molar-refractivity contribution in [1.29, 1.82) is 0 Å². The average molecular weight is 165 g/mol. The Labute approximate surface area is 68.1 Å². The number of hydrogen-bond acceptors (Lipinski definition) is 3. The van der Waals surface area contributed by atoms with Gasteiger partial charge in [0.05, 0.1) is 11.3 Å². The van der Waals surface area contributed by atoms with Gasteiger partial charge in [-0.3, -0.25) is 4.98 Å². The summed E-state index contributed by atoms with van der Waals surface area (Å²) < 4.78 is 1.14. The molecule has 0 saturated carbocycles. The summed E-state index contributed by atoms with van der Waals surface area (Å²) in [5.74, 6) is 0. The van der Waals surface area contributed by atoms with E-state index in [9.17, 15) is 0 Å². The van der Waals surface area contributed by atoms with Crippen LogP contribution in [-0.4, -0.2) is 10.1 Å². The molecule has 0 aliphatic rings.